The molecule has 2 aromatic heterocycles. The molecule has 2 heterocycles. The maximum atomic E-state index is 14.3. The summed E-state index contributed by atoms with van der Waals surface area (Å²) < 4.78 is 13.6. The molecular formula is C48H60N2O8. The number of hydrogen-bond donors (Lipinski definition) is 0. The molecule has 0 fully saturated rings. The zero-order chi connectivity index (χ0) is 41.8. The van der Waals surface area contributed by atoms with Gasteiger partial charge in [0.05, 0.1) is 35.3 Å². The first-order valence-electron chi connectivity index (χ1n) is 21.2. The molecule has 0 N–H and O–H groups in total. The predicted octanol–water partition coefficient (Wildman–Crippen LogP) is 10.2. The highest BCUT2D eigenvalue weighted by molar-refractivity contribution is 6.10. The van der Waals surface area contributed by atoms with Gasteiger partial charge >= 0.3 is 5.97 Å². The number of rotatable bonds is 22. The van der Waals surface area contributed by atoms with Crippen molar-refractivity contribution >= 4 is 67.2 Å². The third-order valence-corrected chi connectivity index (χ3v) is 11.0. The van der Waals surface area contributed by atoms with Crippen molar-refractivity contribution in [2.45, 2.75) is 130 Å². The van der Waals surface area contributed by atoms with E-state index in [1.807, 2.05) is 32.9 Å². The lowest BCUT2D eigenvalue weighted by atomic mass is 10.0. The standard InChI is InChI=1S/C48H60N2O8/c1-32-22-24-40-36(26-32)47(55)38-29-43-39(28-42(38)49(40)44(52)19-15-11-7-6-10-14-18-35(4)51)48(56)37-27-33(2)23-25-41(37)50(43)45(53)20-16-12-8-9-13-17-21-46(54)58-31-34(3)30-57-5/h22-29,34H,6-21,30-31H2,1-5H3. The summed E-state index contributed by atoms with van der Waals surface area (Å²) in [5, 5.41) is 1.39. The zero-order valence-corrected chi connectivity index (χ0v) is 35.1. The van der Waals surface area contributed by atoms with Crippen LogP contribution in [0.1, 0.15) is 137 Å². The van der Waals surface area contributed by atoms with Crippen LogP contribution in [0, 0.1) is 19.8 Å². The van der Waals surface area contributed by atoms with Crippen molar-refractivity contribution in [3.8, 4) is 0 Å². The lowest BCUT2D eigenvalue weighted by molar-refractivity contribution is -0.145. The second-order valence-corrected chi connectivity index (χ2v) is 16.2. The number of benzene rings is 3. The number of ether oxygens (including phenoxy) is 2. The Hall–Kier alpha value is -4.96. The van der Waals surface area contributed by atoms with Crippen molar-refractivity contribution in [2.24, 2.45) is 5.92 Å². The second kappa shape index (κ2) is 21.2. The quantitative estimate of drug-likeness (QED) is 0.0385. The van der Waals surface area contributed by atoms with Gasteiger partial charge in [0, 0.05) is 60.3 Å². The molecule has 0 saturated carbocycles. The lowest BCUT2D eigenvalue weighted by Crippen LogP contribution is -2.21. The Balaban J connectivity index is 1.38. The number of nitrogens with zero attached hydrogens (tertiary/aromatic N) is 2. The van der Waals surface area contributed by atoms with Gasteiger partial charge in [-0.05, 0) is 82.9 Å². The molecule has 0 aliphatic heterocycles. The molecule has 0 spiro atoms. The highest BCUT2D eigenvalue weighted by atomic mass is 16.5. The van der Waals surface area contributed by atoms with Crippen molar-refractivity contribution in [1.82, 2.24) is 9.13 Å². The van der Waals surface area contributed by atoms with Crippen LogP contribution < -0.4 is 10.9 Å². The van der Waals surface area contributed by atoms with Crippen LogP contribution in [-0.2, 0) is 19.1 Å². The van der Waals surface area contributed by atoms with E-state index in [2.05, 4.69) is 0 Å². The fourth-order valence-corrected chi connectivity index (χ4v) is 7.92. The van der Waals surface area contributed by atoms with E-state index >= 15 is 0 Å². The monoisotopic (exact) mass is 792 g/mol. The summed E-state index contributed by atoms with van der Waals surface area (Å²) in [6.45, 7) is 8.30. The van der Waals surface area contributed by atoms with E-state index in [9.17, 15) is 28.8 Å². The third-order valence-electron chi connectivity index (χ3n) is 11.0. The van der Waals surface area contributed by atoms with Crippen LogP contribution in [0.5, 0.6) is 0 Å². The molecule has 3 aromatic carbocycles. The Morgan fingerprint density at radius 2 is 0.931 bits per heavy atom. The summed E-state index contributed by atoms with van der Waals surface area (Å²) in [4.78, 5) is 80.1. The van der Waals surface area contributed by atoms with Crippen LogP contribution >= 0.6 is 0 Å². The van der Waals surface area contributed by atoms with Gasteiger partial charge in [-0.25, -0.2) is 0 Å². The first-order valence-corrected chi connectivity index (χ1v) is 21.2. The highest BCUT2D eigenvalue weighted by Crippen LogP contribution is 2.28. The SMILES string of the molecule is COCC(C)COC(=O)CCCCCCCCC(=O)n1c2ccc(C)cc2c(=O)c2cc3c(cc21)c(=O)c1cc(C)ccc1n3C(=O)CCCCCCCCC(C)=O. The average Bonchev–Trinajstić information content (AvgIpc) is 3.19. The first kappa shape index (κ1) is 44.1. The molecule has 310 valence electrons. The van der Waals surface area contributed by atoms with E-state index in [0.29, 0.717) is 71.7 Å². The van der Waals surface area contributed by atoms with Gasteiger partial charge in [0.15, 0.2) is 10.9 Å². The number of carbonyl (C=O) groups excluding carboxylic acids is 4. The molecule has 5 rings (SSSR count). The molecule has 0 aliphatic rings. The number of Topliss-reactive ketones (excluding diaryl/α,β-unsaturated/α-hetero) is 1. The minimum atomic E-state index is -0.256. The van der Waals surface area contributed by atoms with Gasteiger partial charge < -0.3 is 14.3 Å². The van der Waals surface area contributed by atoms with Crippen molar-refractivity contribution in [3.05, 3.63) is 80.1 Å². The highest BCUT2D eigenvalue weighted by Gasteiger charge is 2.22. The maximum Gasteiger partial charge on any atom is 0.305 e. The maximum absolute atomic E-state index is 14.3. The predicted molar refractivity (Wildman–Crippen MR) is 232 cm³/mol. The van der Waals surface area contributed by atoms with Gasteiger partial charge in [0.25, 0.3) is 0 Å². The summed E-state index contributed by atoms with van der Waals surface area (Å²) >= 11 is 0. The summed E-state index contributed by atoms with van der Waals surface area (Å²) in [5.74, 6) is -0.143. The Kier molecular flexibility index (Phi) is 16.1. The van der Waals surface area contributed by atoms with E-state index < -0.39 is 0 Å². The summed E-state index contributed by atoms with van der Waals surface area (Å²) in [5.41, 5.74) is 2.96. The largest absolute Gasteiger partial charge is 0.465 e. The van der Waals surface area contributed by atoms with Crippen LogP contribution in [0.4, 0.5) is 0 Å². The number of aryl methyl sites for hydroxylation is 2. The van der Waals surface area contributed by atoms with E-state index in [0.717, 1.165) is 75.3 Å². The van der Waals surface area contributed by atoms with Gasteiger partial charge in [0.2, 0.25) is 11.8 Å². The second-order valence-electron chi connectivity index (χ2n) is 16.2. The van der Waals surface area contributed by atoms with Crippen molar-refractivity contribution < 1.29 is 28.7 Å². The smallest absolute Gasteiger partial charge is 0.305 e. The van der Waals surface area contributed by atoms with Gasteiger partial charge in [-0.1, -0.05) is 81.5 Å². The van der Waals surface area contributed by atoms with Crippen LogP contribution in [0.25, 0.3) is 43.6 Å². The van der Waals surface area contributed by atoms with Crippen LogP contribution in [0.2, 0.25) is 0 Å². The summed E-state index contributed by atoms with van der Waals surface area (Å²) in [7, 11) is 1.63. The van der Waals surface area contributed by atoms with Gasteiger partial charge in [-0.15, -0.1) is 0 Å². The van der Waals surface area contributed by atoms with Crippen LogP contribution in [0.3, 0.4) is 0 Å². The zero-order valence-electron chi connectivity index (χ0n) is 35.1. The Bertz CT molecular complexity index is 2410. The van der Waals surface area contributed by atoms with E-state index in [1.54, 1.807) is 59.6 Å². The number of unbranched alkanes of at least 4 members (excludes halogenated alkanes) is 10. The molecule has 10 nitrogen and oxygen atoms in total. The molecule has 10 heteroatoms. The Labute approximate surface area is 340 Å². The molecular weight excluding hydrogens is 733 g/mol. The Morgan fingerprint density at radius 1 is 0.534 bits per heavy atom. The molecule has 1 unspecified atom stereocenters. The van der Waals surface area contributed by atoms with Gasteiger partial charge in [0.1, 0.15) is 5.78 Å². The number of methoxy groups -OCH3 is 1. The number of esters is 1. The van der Waals surface area contributed by atoms with E-state index in [4.69, 9.17) is 9.47 Å². The summed E-state index contributed by atoms with van der Waals surface area (Å²) in [6, 6.07) is 14.2. The fourth-order valence-electron chi connectivity index (χ4n) is 7.92. The number of pyridine rings is 2. The minimum Gasteiger partial charge on any atom is -0.465 e. The number of aromatic nitrogens is 2. The van der Waals surface area contributed by atoms with E-state index in [1.165, 1.54) is 0 Å². The number of carbonyl (C=O) groups is 4. The number of hydrogen-bond acceptors (Lipinski definition) is 8. The molecule has 5 aromatic rings. The summed E-state index contributed by atoms with van der Waals surface area (Å²) in [6.07, 6.45) is 11.9. The first-order chi connectivity index (χ1) is 27.9. The van der Waals surface area contributed by atoms with Gasteiger partial charge in [-0.2, -0.15) is 0 Å². The third kappa shape index (κ3) is 11.2. The van der Waals surface area contributed by atoms with Crippen LogP contribution in [0.15, 0.2) is 58.1 Å². The molecule has 1 atom stereocenters. The molecule has 0 bridgehead atoms. The minimum absolute atomic E-state index is 0.157. The molecule has 0 amide bonds. The number of ketones is 1. The van der Waals surface area contributed by atoms with Crippen molar-refractivity contribution in [2.75, 3.05) is 20.3 Å². The van der Waals surface area contributed by atoms with Gasteiger partial charge in [-0.3, -0.25) is 33.1 Å². The van der Waals surface area contributed by atoms with Crippen molar-refractivity contribution in [3.63, 3.8) is 0 Å². The van der Waals surface area contributed by atoms with Crippen molar-refractivity contribution in [1.29, 1.82) is 0 Å². The molecule has 0 radical (unpaired) electrons. The number of fused-ring (bicyclic) bond motifs is 4. The Morgan fingerprint density at radius 3 is 1.36 bits per heavy atom. The molecule has 0 aliphatic carbocycles. The lowest BCUT2D eigenvalue weighted by Gasteiger charge is -2.18. The average molecular weight is 793 g/mol. The normalized spacial score (nSPS) is 12.2. The molecule has 58 heavy (non-hydrogen) atoms. The van der Waals surface area contributed by atoms with E-state index in [-0.39, 0.29) is 64.0 Å². The fraction of sp³-hybridized carbons (Fsp3) is 0.500. The molecule has 0 saturated heterocycles. The topological polar surface area (TPSA) is 131 Å². The van der Waals surface area contributed by atoms with Crippen LogP contribution in [-0.4, -0.2) is 53.0 Å².